The van der Waals surface area contributed by atoms with Crippen molar-refractivity contribution in [2.24, 2.45) is 5.92 Å². The van der Waals surface area contributed by atoms with Gasteiger partial charge in [0.25, 0.3) is 9.05 Å². The lowest BCUT2D eigenvalue weighted by atomic mass is 10.1. The van der Waals surface area contributed by atoms with Crippen LogP contribution >= 0.6 is 10.7 Å². The van der Waals surface area contributed by atoms with E-state index < -0.39 is 24.8 Å². The van der Waals surface area contributed by atoms with E-state index in [4.69, 9.17) is 10.7 Å². The first-order valence-electron chi connectivity index (χ1n) is 6.15. The molecule has 0 bridgehead atoms. The molecule has 9 heteroatoms. The van der Waals surface area contributed by atoms with Crippen LogP contribution in [0.5, 0.6) is 0 Å². The second-order valence-corrected chi connectivity index (χ2v) is 9.77. The predicted molar refractivity (Wildman–Crippen MR) is 79.6 cm³/mol. The highest BCUT2D eigenvalue weighted by molar-refractivity contribution is 8.13. The highest BCUT2D eigenvalue weighted by Gasteiger charge is 2.33. The van der Waals surface area contributed by atoms with Gasteiger partial charge in [-0.15, -0.1) is 0 Å². The summed E-state index contributed by atoms with van der Waals surface area (Å²) in [6, 6.07) is 4.21. The van der Waals surface area contributed by atoms with Crippen LogP contribution in [0.4, 0.5) is 5.69 Å². The molecule has 0 radical (unpaired) electrons. The number of halogens is 1. The van der Waals surface area contributed by atoms with Gasteiger partial charge in [0.1, 0.15) is 0 Å². The van der Waals surface area contributed by atoms with E-state index in [2.05, 4.69) is 5.32 Å². The molecule has 0 saturated carbocycles. The number of rotatable bonds is 3. The van der Waals surface area contributed by atoms with Gasteiger partial charge in [0, 0.05) is 16.4 Å². The van der Waals surface area contributed by atoms with Crippen molar-refractivity contribution in [3.63, 3.8) is 0 Å². The van der Waals surface area contributed by atoms with Crippen molar-refractivity contribution in [3.05, 3.63) is 23.8 Å². The summed E-state index contributed by atoms with van der Waals surface area (Å²) in [6.45, 7) is 1.56. The molecule has 0 aromatic heterocycles. The number of hydrogen-bond acceptors (Lipinski definition) is 5. The Morgan fingerprint density at radius 2 is 2.05 bits per heavy atom. The van der Waals surface area contributed by atoms with E-state index in [0.29, 0.717) is 17.7 Å². The van der Waals surface area contributed by atoms with Crippen molar-refractivity contribution in [1.29, 1.82) is 0 Å². The summed E-state index contributed by atoms with van der Waals surface area (Å²) in [4.78, 5) is 12.0. The van der Waals surface area contributed by atoms with Crippen LogP contribution in [0.2, 0.25) is 0 Å². The highest BCUT2D eigenvalue weighted by Crippen LogP contribution is 2.24. The average molecular weight is 352 g/mol. The predicted octanol–water partition coefficient (Wildman–Crippen LogP) is 1.30. The first-order valence-corrected chi connectivity index (χ1v) is 10.3. The Morgan fingerprint density at radius 3 is 2.52 bits per heavy atom. The van der Waals surface area contributed by atoms with E-state index in [1.165, 1.54) is 18.2 Å². The minimum atomic E-state index is -3.83. The van der Waals surface area contributed by atoms with E-state index in [0.717, 1.165) is 0 Å². The molecule has 1 aliphatic heterocycles. The lowest BCUT2D eigenvalue weighted by Crippen LogP contribution is -2.23. The standard InChI is InChI=1S/C12H14ClNO5S2/c1-8-6-10(2-3-11(8)21(13,18)19)14-12(15)9-4-5-20(16,17)7-9/h2-3,6,9H,4-5,7H2,1H3,(H,14,15). The van der Waals surface area contributed by atoms with Crippen LogP contribution in [-0.2, 0) is 23.7 Å². The van der Waals surface area contributed by atoms with Gasteiger partial charge in [0.2, 0.25) is 5.91 Å². The van der Waals surface area contributed by atoms with Gasteiger partial charge in [-0.1, -0.05) is 0 Å². The third-order valence-corrected chi connectivity index (χ3v) is 6.56. The van der Waals surface area contributed by atoms with Crippen LogP contribution in [0.3, 0.4) is 0 Å². The lowest BCUT2D eigenvalue weighted by Gasteiger charge is -2.11. The van der Waals surface area contributed by atoms with Crippen molar-refractivity contribution in [1.82, 2.24) is 0 Å². The number of carbonyl (C=O) groups is 1. The smallest absolute Gasteiger partial charge is 0.261 e. The molecule has 1 aromatic rings. The van der Waals surface area contributed by atoms with E-state index in [9.17, 15) is 21.6 Å². The molecule has 1 aliphatic rings. The third-order valence-electron chi connectivity index (χ3n) is 3.31. The second-order valence-electron chi connectivity index (χ2n) is 5.01. The summed E-state index contributed by atoms with van der Waals surface area (Å²) in [7, 11) is -1.68. The highest BCUT2D eigenvalue weighted by atomic mass is 35.7. The number of nitrogens with one attached hydrogen (secondary N) is 1. The largest absolute Gasteiger partial charge is 0.326 e. The van der Waals surface area contributed by atoms with Crippen LogP contribution in [0.25, 0.3) is 0 Å². The maximum absolute atomic E-state index is 12.0. The normalized spacial score (nSPS) is 21.1. The second kappa shape index (κ2) is 5.58. The maximum atomic E-state index is 12.0. The van der Waals surface area contributed by atoms with Crippen LogP contribution in [-0.4, -0.2) is 34.2 Å². The zero-order valence-electron chi connectivity index (χ0n) is 11.2. The Kier molecular flexibility index (Phi) is 4.32. The molecule has 0 spiro atoms. The summed E-state index contributed by atoms with van der Waals surface area (Å²) in [5, 5.41) is 2.60. The molecule has 1 amide bonds. The number of carbonyl (C=O) groups excluding carboxylic acids is 1. The van der Waals surface area contributed by atoms with Gasteiger partial charge in [-0.05, 0) is 37.1 Å². The summed E-state index contributed by atoms with van der Waals surface area (Å²) >= 11 is 0. The number of aryl methyl sites for hydroxylation is 1. The number of hydrogen-bond donors (Lipinski definition) is 1. The zero-order chi connectivity index (χ0) is 15.8. The van der Waals surface area contributed by atoms with Crippen molar-refractivity contribution in [2.75, 3.05) is 16.8 Å². The molecule has 1 heterocycles. The third kappa shape index (κ3) is 3.96. The minimum Gasteiger partial charge on any atom is -0.326 e. The minimum absolute atomic E-state index is 0.0214. The van der Waals surface area contributed by atoms with Gasteiger partial charge in [0.15, 0.2) is 9.84 Å². The van der Waals surface area contributed by atoms with Crippen molar-refractivity contribution < 1.29 is 21.6 Å². The molecule has 1 fully saturated rings. The summed E-state index contributed by atoms with van der Waals surface area (Å²) in [5.74, 6) is -1.07. The van der Waals surface area contributed by atoms with Crippen LogP contribution < -0.4 is 5.32 Å². The molecular formula is C12H14ClNO5S2. The summed E-state index contributed by atoms with van der Waals surface area (Å²) in [5.41, 5.74) is 0.813. The van der Waals surface area contributed by atoms with Crippen LogP contribution in [0, 0.1) is 12.8 Å². The van der Waals surface area contributed by atoms with E-state index >= 15 is 0 Å². The van der Waals surface area contributed by atoms with E-state index in [1.54, 1.807) is 6.92 Å². The van der Waals surface area contributed by atoms with Gasteiger partial charge >= 0.3 is 0 Å². The summed E-state index contributed by atoms with van der Waals surface area (Å²) < 4.78 is 45.2. The Labute approximate surface area is 127 Å². The van der Waals surface area contributed by atoms with Gasteiger partial charge in [-0.2, -0.15) is 0 Å². The number of anilines is 1. The van der Waals surface area contributed by atoms with E-state index in [1.807, 2.05) is 0 Å². The SMILES string of the molecule is Cc1cc(NC(=O)C2CCS(=O)(=O)C2)ccc1S(=O)(=O)Cl. The average Bonchev–Trinajstić information content (AvgIpc) is 2.68. The number of benzene rings is 1. The van der Waals surface area contributed by atoms with Crippen LogP contribution in [0.1, 0.15) is 12.0 Å². The molecule has 1 saturated heterocycles. The first kappa shape index (κ1) is 16.3. The fourth-order valence-electron chi connectivity index (χ4n) is 2.25. The molecule has 0 aliphatic carbocycles. The number of amides is 1. The topological polar surface area (TPSA) is 97.4 Å². The van der Waals surface area contributed by atoms with Crippen molar-refractivity contribution in [3.8, 4) is 0 Å². The maximum Gasteiger partial charge on any atom is 0.261 e. The molecule has 116 valence electrons. The Morgan fingerprint density at radius 1 is 1.38 bits per heavy atom. The summed E-state index contributed by atoms with van der Waals surface area (Å²) in [6.07, 6.45) is 0.307. The fraction of sp³-hybridized carbons (Fsp3) is 0.417. The molecule has 1 unspecified atom stereocenters. The van der Waals surface area contributed by atoms with Gasteiger partial charge in [-0.25, -0.2) is 16.8 Å². The van der Waals surface area contributed by atoms with Gasteiger partial charge < -0.3 is 5.32 Å². The molecule has 1 aromatic carbocycles. The number of sulfone groups is 1. The van der Waals surface area contributed by atoms with Crippen molar-refractivity contribution in [2.45, 2.75) is 18.2 Å². The van der Waals surface area contributed by atoms with Gasteiger partial charge in [-0.3, -0.25) is 4.79 Å². The zero-order valence-corrected chi connectivity index (χ0v) is 13.6. The first-order chi connectivity index (χ1) is 9.58. The monoisotopic (exact) mass is 351 g/mol. The fourth-order valence-corrected chi connectivity index (χ4v) is 5.18. The van der Waals surface area contributed by atoms with Crippen molar-refractivity contribution >= 4 is 41.2 Å². The molecule has 6 nitrogen and oxygen atoms in total. The lowest BCUT2D eigenvalue weighted by molar-refractivity contribution is -0.119. The molecular weight excluding hydrogens is 338 g/mol. The molecule has 2 rings (SSSR count). The van der Waals surface area contributed by atoms with E-state index in [-0.39, 0.29) is 22.3 Å². The quantitative estimate of drug-likeness (QED) is 0.828. The Balaban J connectivity index is 2.14. The Bertz CT molecular complexity index is 786. The Hall–Kier alpha value is -1.12. The molecule has 1 N–H and O–H groups in total. The molecule has 21 heavy (non-hydrogen) atoms. The van der Waals surface area contributed by atoms with Crippen LogP contribution in [0.15, 0.2) is 23.1 Å². The van der Waals surface area contributed by atoms with Gasteiger partial charge in [0.05, 0.1) is 22.3 Å². The molecule has 1 atom stereocenters.